The minimum absolute atomic E-state index is 0.0220. The Morgan fingerprint density at radius 2 is 1.79 bits per heavy atom. The maximum atomic E-state index is 13.3. The molecule has 0 aromatic heterocycles. The molecule has 1 saturated heterocycles. The van der Waals surface area contributed by atoms with Crippen molar-refractivity contribution in [2.45, 2.75) is 19.9 Å². The highest BCUT2D eigenvalue weighted by molar-refractivity contribution is 6.52. The van der Waals surface area contributed by atoms with E-state index in [1.54, 1.807) is 42.5 Å². The van der Waals surface area contributed by atoms with E-state index in [0.29, 0.717) is 39.9 Å². The molecule has 1 fully saturated rings. The summed E-state index contributed by atoms with van der Waals surface area (Å²) >= 11 is 6.20. The van der Waals surface area contributed by atoms with Crippen LogP contribution in [0.1, 0.15) is 29.7 Å². The van der Waals surface area contributed by atoms with Crippen LogP contribution in [0.15, 0.2) is 72.3 Å². The minimum Gasteiger partial charge on any atom is -0.507 e. The van der Waals surface area contributed by atoms with Crippen LogP contribution in [-0.2, 0) is 9.59 Å². The van der Waals surface area contributed by atoms with Crippen molar-refractivity contribution < 1.29 is 24.2 Å². The first-order valence-electron chi connectivity index (χ1n) is 10.8. The number of halogens is 1. The van der Waals surface area contributed by atoms with Gasteiger partial charge in [-0.3, -0.25) is 14.5 Å². The molecule has 0 aliphatic carbocycles. The molecule has 1 atom stereocenters. The highest BCUT2D eigenvalue weighted by atomic mass is 35.5. The van der Waals surface area contributed by atoms with Gasteiger partial charge in [0.2, 0.25) is 0 Å². The Labute approximate surface area is 203 Å². The van der Waals surface area contributed by atoms with Crippen LogP contribution in [0, 0.1) is 6.92 Å². The van der Waals surface area contributed by atoms with Crippen LogP contribution in [0.25, 0.3) is 5.76 Å². The van der Waals surface area contributed by atoms with E-state index < -0.39 is 17.7 Å². The number of anilines is 1. The first-order chi connectivity index (χ1) is 16.4. The third kappa shape index (κ3) is 4.13. The average Bonchev–Trinajstić information content (AvgIpc) is 3.10. The lowest BCUT2D eigenvalue weighted by Gasteiger charge is -2.27. The topological polar surface area (TPSA) is 76.1 Å². The van der Waals surface area contributed by atoms with E-state index in [-0.39, 0.29) is 11.3 Å². The second kappa shape index (κ2) is 9.61. The lowest BCUT2D eigenvalue weighted by Crippen LogP contribution is -2.29. The molecule has 6 nitrogen and oxygen atoms in total. The molecule has 0 spiro atoms. The number of aliphatic hydroxyl groups is 1. The summed E-state index contributed by atoms with van der Waals surface area (Å²) in [6.07, 6.45) is 0. The largest absolute Gasteiger partial charge is 0.507 e. The number of rotatable bonds is 6. The molecule has 1 N–H and O–H groups in total. The number of Topliss-reactive ketones (excluding diaryl/α,β-unsaturated/α-hetero) is 1. The Bertz CT molecular complexity index is 1300. The van der Waals surface area contributed by atoms with Crippen LogP contribution < -0.4 is 14.4 Å². The van der Waals surface area contributed by atoms with Crippen LogP contribution in [0.5, 0.6) is 11.5 Å². The fourth-order valence-electron chi connectivity index (χ4n) is 4.14. The van der Waals surface area contributed by atoms with Crippen LogP contribution in [-0.4, -0.2) is 30.5 Å². The molecule has 0 bridgehead atoms. The van der Waals surface area contributed by atoms with Gasteiger partial charge in [-0.2, -0.15) is 0 Å². The number of ketones is 1. The average molecular weight is 478 g/mol. The van der Waals surface area contributed by atoms with Crippen LogP contribution in [0.2, 0.25) is 5.02 Å². The highest BCUT2D eigenvalue weighted by Gasteiger charge is 2.47. The number of aliphatic hydroxyl groups excluding tert-OH is 1. The number of carbonyl (C=O) groups excluding carboxylic acids is 2. The van der Waals surface area contributed by atoms with Gasteiger partial charge in [-0.1, -0.05) is 53.6 Å². The number of carbonyl (C=O) groups is 2. The molecular weight excluding hydrogens is 454 g/mol. The van der Waals surface area contributed by atoms with E-state index in [1.165, 1.54) is 12.0 Å². The first-order valence-corrected chi connectivity index (χ1v) is 11.2. The molecule has 4 rings (SSSR count). The minimum atomic E-state index is -0.859. The summed E-state index contributed by atoms with van der Waals surface area (Å²) < 4.78 is 11.0. The molecular formula is C27H24ClNO5. The monoisotopic (exact) mass is 477 g/mol. The summed E-state index contributed by atoms with van der Waals surface area (Å²) in [5.41, 5.74) is 2.37. The van der Waals surface area contributed by atoms with Crippen molar-refractivity contribution in [3.63, 3.8) is 0 Å². The standard InChI is InChI=1S/C27H24ClNO5/c1-4-34-22-15-18(12-13-19(22)28)25(30)23-24(17-9-7-8-16(2)14-17)29(27(32)26(23)31)20-10-5-6-11-21(20)33-3/h5-15,24,30H,4H2,1-3H3/b25-23-. The third-order valence-electron chi connectivity index (χ3n) is 5.65. The normalized spacial score (nSPS) is 17.2. The number of hydrogen-bond acceptors (Lipinski definition) is 5. The number of ether oxygens (including phenoxy) is 2. The summed E-state index contributed by atoms with van der Waals surface area (Å²) in [7, 11) is 1.50. The molecule has 1 unspecified atom stereocenters. The maximum Gasteiger partial charge on any atom is 0.300 e. The van der Waals surface area contributed by atoms with Crippen molar-refractivity contribution in [3.8, 4) is 11.5 Å². The molecule has 3 aromatic carbocycles. The van der Waals surface area contributed by atoms with Gasteiger partial charge in [-0.05, 0) is 49.7 Å². The number of methoxy groups -OCH3 is 1. The molecule has 0 radical (unpaired) electrons. The lowest BCUT2D eigenvalue weighted by atomic mass is 9.94. The Morgan fingerprint density at radius 3 is 2.50 bits per heavy atom. The van der Waals surface area contributed by atoms with Crippen LogP contribution in [0.4, 0.5) is 5.69 Å². The summed E-state index contributed by atoms with van der Waals surface area (Å²) in [6.45, 7) is 4.12. The van der Waals surface area contributed by atoms with Gasteiger partial charge in [0.25, 0.3) is 11.7 Å². The lowest BCUT2D eigenvalue weighted by molar-refractivity contribution is -0.132. The number of hydrogen-bond donors (Lipinski definition) is 1. The summed E-state index contributed by atoms with van der Waals surface area (Å²) in [5.74, 6) is -1.04. The number of nitrogens with zero attached hydrogens (tertiary/aromatic N) is 1. The van der Waals surface area contributed by atoms with E-state index >= 15 is 0 Å². The zero-order valence-corrected chi connectivity index (χ0v) is 19.8. The third-order valence-corrected chi connectivity index (χ3v) is 5.96. The Kier molecular flexibility index (Phi) is 6.61. The van der Waals surface area contributed by atoms with Crippen LogP contribution in [0.3, 0.4) is 0 Å². The molecule has 1 aliphatic rings. The molecule has 174 valence electrons. The number of para-hydroxylation sites is 2. The van der Waals surface area contributed by atoms with Crippen molar-refractivity contribution in [1.29, 1.82) is 0 Å². The van der Waals surface area contributed by atoms with Gasteiger partial charge in [0, 0.05) is 5.56 Å². The van der Waals surface area contributed by atoms with Crippen molar-refractivity contribution in [2.24, 2.45) is 0 Å². The zero-order valence-electron chi connectivity index (χ0n) is 19.0. The Hall–Kier alpha value is -3.77. The maximum absolute atomic E-state index is 13.3. The molecule has 1 amide bonds. The van der Waals surface area contributed by atoms with Crippen molar-refractivity contribution >= 4 is 34.7 Å². The van der Waals surface area contributed by atoms with E-state index in [0.717, 1.165) is 5.56 Å². The summed E-state index contributed by atoms with van der Waals surface area (Å²) in [6, 6.07) is 18.3. The van der Waals surface area contributed by atoms with Gasteiger partial charge < -0.3 is 14.6 Å². The van der Waals surface area contributed by atoms with Gasteiger partial charge in [0.05, 0.1) is 36.0 Å². The molecule has 1 heterocycles. The number of aryl methyl sites for hydroxylation is 1. The Balaban J connectivity index is 1.97. The molecule has 7 heteroatoms. The molecule has 34 heavy (non-hydrogen) atoms. The quantitative estimate of drug-likeness (QED) is 0.281. The fraction of sp³-hybridized carbons (Fsp3) is 0.185. The van der Waals surface area contributed by atoms with Crippen molar-refractivity contribution in [3.05, 3.63) is 94.0 Å². The van der Waals surface area contributed by atoms with Gasteiger partial charge >= 0.3 is 0 Å². The molecule has 3 aromatic rings. The van der Waals surface area contributed by atoms with E-state index in [2.05, 4.69) is 0 Å². The smallest absolute Gasteiger partial charge is 0.300 e. The summed E-state index contributed by atoms with van der Waals surface area (Å²) in [5, 5.41) is 11.7. The van der Waals surface area contributed by atoms with Crippen LogP contribution >= 0.6 is 11.6 Å². The van der Waals surface area contributed by atoms with Gasteiger partial charge in [-0.15, -0.1) is 0 Å². The SMILES string of the molecule is CCOc1cc(/C(O)=C2/C(=O)C(=O)N(c3ccccc3OC)C2c2cccc(C)c2)ccc1Cl. The second-order valence-electron chi connectivity index (χ2n) is 7.83. The molecule has 1 aliphatic heterocycles. The Morgan fingerprint density at radius 1 is 1.03 bits per heavy atom. The van der Waals surface area contributed by atoms with Gasteiger partial charge in [0.15, 0.2) is 0 Å². The van der Waals surface area contributed by atoms with E-state index in [4.69, 9.17) is 21.1 Å². The zero-order chi connectivity index (χ0) is 24.4. The predicted molar refractivity (Wildman–Crippen MR) is 132 cm³/mol. The van der Waals surface area contributed by atoms with Gasteiger partial charge in [0.1, 0.15) is 17.3 Å². The fourth-order valence-corrected chi connectivity index (χ4v) is 4.31. The second-order valence-corrected chi connectivity index (χ2v) is 8.24. The predicted octanol–water partition coefficient (Wildman–Crippen LogP) is 5.68. The number of amides is 1. The first kappa shape index (κ1) is 23.4. The summed E-state index contributed by atoms with van der Waals surface area (Å²) in [4.78, 5) is 28.1. The van der Waals surface area contributed by atoms with Gasteiger partial charge in [-0.25, -0.2) is 0 Å². The van der Waals surface area contributed by atoms with Crippen molar-refractivity contribution in [1.82, 2.24) is 0 Å². The highest BCUT2D eigenvalue weighted by Crippen LogP contribution is 2.45. The van der Waals surface area contributed by atoms with E-state index in [1.807, 2.05) is 38.1 Å². The van der Waals surface area contributed by atoms with Crippen molar-refractivity contribution in [2.75, 3.05) is 18.6 Å². The number of benzene rings is 3. The molecule has 0 saturated carbocycles. The van der Waals surface area contributed by atoms with E-state index in [9.17, 15) is 14.7 Å².